The number of carbonyl (C=O) groups excluding carboxylic acids is 1. The van der Waals surface area contributed by atoms with Gasteiger partial charge in [-0.25, -0.2) is 4.79 Å². The van der Waals surface area contributed by atoms with Crippen molar-refractivity contribution < 1.29 is 14.3 Å². The second-order valence-corrected chi connectivity index (χ2v) is 4.44. The molecule has 0 bridgehead atoms. The smallest absolute Gasteiger partial charge is 0.411 e. The SMILES string of the molecule is CCOC(=O)Nc1ccc(OC2CCNCC2)cc1. The van der Waals surface area contributed by atoms with Gasteiger partial charge in [0.05, 0.1) is 6.61 Å². The van der Waals surface area contributed by atoms with Crippen molar-refractivity contribution in [2.24, 2.45) is 0 Å². The van der Waals surface area contributed by atoms with Crippen LogP contribution >= 0.6 is 0 Å². The van der Waals surface area contributed by atoms with Crippen molar-refractivity contribution in [3.63, 3.8) is 0 Å². The van der Waals surface area contributed by atoms with E-state index in [4.69, 9.17) is 9.47 Å². The Labute approximate surface area is 113 Å². The van der Waals surface area contributed by atoms with E-state index in [1.165, 1.54) is 0 Å². The van der Waals surface area contributed by atoms with E-state index < -0.39 is 6.09 Å². The van der Waals surface area contributed by atoms with Crippen molar-refractivity contribution in [2.45, 2.75) is 25.9 Å². The minimum absolute atomic E-state index is 0.283. The summed E-state index contributed by atoms with van der Waals surface area (Å²) in [6.45, 7) is 4.15. The lowest BCUT2D eigenvalue weighted by Crippen LogP contribution is -2.34. The quantitative estimate of drug-likeness (QED) is 0.876. The molecule has 0 radical (unpaired) electrons. The number of ether oxygens (including phenoxy) is 2. The molecular formula is C14H20N2O3. The molecule has 1 saturated heterocycles. The summed E-state index contributed by atoms with van der Waals surface area (Å²) in [6, 6.07) is 7.36. The predicted octanol–water partition coefficient (Wildman–Crippen LogP) is 2.39. The van der Waals surface area contributed by atoms with E-state index >= 15 is 0 Å². The van der Waals surface area contributed by atoms with Crippen LogP contribution in [-0.2, 0) is 4.74 Å². The van der Waals surface area contributed by atoms with Gasteiger partial charge < -0.3 is 14.8 Å². The second kappa shape index (κ2) is 6.99. The Morgan fingerprint density at radius 3 is 2.63 bits per heavy atom. The van der Waals surface area contributed by atoms with E-state index in [0.29, 0.717) is 12.3 Å². The van der Waals surface area contributed by atoms with Crippen LogP contribution in [0, 0.1) is 0 Å². The summed E-state index contributed by atoms with van der Waals surface area (Å²) in [5.74, 6) is 0.835. The molecule has 0 saturated carbocycles. The Kier molecular flexibility index (Phi) is 5.03. The Balaban J connectivity index is 1.85. The van der Waals surface area contributed by atoms with Gasteiger partial charge in [0, 0.05) is 5.69 Å². The van der Waals surface area contributed by atoms with Gasteiger partial charge in [0.25, 0.3) is 0 Å². The van der Waals surface area contributed by atoms with Gasteiger partial charge in [-0.15, -0.1) is 0 Å². The van der Waals surface area contributed by atoms with Crippen molar-refractivity contribution >= 4 is 11.8 Å². The topological polar surface area (TPSA) is 59.6 Å². The number of carbonyl (C=O) groups is 1. The number of anilines is 1. The number of rotatable bonds is 4. The molecule has 0 atom stereocenters. The van der Waals surface area contributed by atoms with Gasteiger partial charge in [0.1, 0.15) is 11.9 Å². The Morgan fingerprint density at radius 1 is 1.32 bits per heavy atom. The Bertz CT molecular complexity index is 400. The zero-order valence-corrected chi connectivity index (χ0v) is 11.1. The highest BCUT2D eigenvalue weighted by atomic mass is 16.5. The van der Waals surface area contributed by atoms with Gasteiger partial charge >= 0.3 is 6.09 Å². The average Bonchev–Trinajstić information content (AvgIpc) is 2.42. The molecule has 19 heavy (non-hydrogen) atoms. The lowest BCUT2D eigenvalue weighted by molar-refractivity contribution is 0.162. The van der Waals surface area contributed by atoms with Crippen LogP contribution in [0.25, 0.3) is 0 Å². The zero-order chi connectivity index (χ0) is 13.5. The van der Waals surface area contributed by atoms with E-state index in [1.54, 1.807) is 6.92 Å². The molecule has 1 aromatic rings. The Hall–Kier alpha value is -1.75. The number of hydrogen-bond donors (Lipinski definition) is 2. The summed E-state index contributed by atoms with van der Waals surface area (Å²) in [5, 5.41) is 5.95. The maximum atomic E-state index is 11.2. The monoisotopic (exact) mass is 264 g/mol. The molecule has 5 nitrogen and oxygen atoms in total. The van der Waals surface area contributed by atoms with Gasteiger partial charge in [-0.2, -0.15) is 0 Å². The van der Waals surface area contributed by atoms with Crippen molar-refractivity contribution in [2.75, 3.05) is 25.0 Å². The molecule has 2 N–H and O–H groups in total. The lowest BCUT2D eigenvalue weighted by Gasteiger charge is -2.23. The van der Waals surface area contributed by atoms with E-state index in [0.717, 1.165) is 31.7 Å². The third-order valence-corrected chi connectivity index (χ3v) is 2.97. The summed E-state index contributed by atoms with van der Waals surface area (Å²) in [6.07, 6.45) is 1.91. The van der Waals surface area contributed by atoms with Crippen LogP contribution < -0.4 is 15.4 Å². The standard InChI is InChI=1S/C14H20N2O3/c1-2-18-14(17)16-11-3-5-12(6-4-11)19-13-7-9-15-10-8-13/h3-6,13,15H,2,7-10H2,1H3,(H,16,17). The normalized spacial score (nSPS) is 15.8. The molecule has 1 fully saturated rings. The number of piperidine rings is 1. The summed E-state index contributed by atoms with van der Waals surface area (Å²) in [7, 11) is 0. The molecule has 5 heteroatoms. The lowest BCUT2D eigenvalue weighted by atomic mass is 10.1. The molecule has 1 heterocycles. The van der Waals surface area contributed by atoms with Crippen molar-refractivity contribution in [1.82, 2.24) is 5.32 Å². The summed E-state index contributed by atoms with van der Waals surface area (Å²) < 4.78 is 10.7. The fourth-order valence-corrected chi connectivity index (χ4v) is 2.01. The minimum Gasteiger partial charge on any atom is -0.490 e. The molecule has 0 spiro atoms. The highest BCUT2D eigenvalue weighted by Gasteiger charge is 2.14. The van der Waals surface area contributed by atoms with Crippen LogP contribution in [0.5, 0.6) is 5.75 Å². The molecule has 1 aliphatic heterocycles. The van der Waals surface area contributed by atoms with Crippen LogP contribution in [0.1, 0.15) is 19.8 Å². The average molecular weight is 264 g/mol. The predicted molar refractivity (Wildman–Crippen MR) is 73.6 cm³/mol. The maximum absolute atomic E-state index is 11.2. The second-order valence-electron chi connectivity index (χ2n) is 4.44. The molecule has 0 aromatic heterocycles. The van der Waals surface area contributed by atoms with Gasteiger partial charge in [0.15, 0.2) is 0 Å². The molecule has 0 aliphatic carbocycles. The first-order valence-electron chi connectivity index (χ1n) is 6.69. The van der Waals surface area contributed by atoms with Crippen LogP contribution in [0.15, 0.2) is 24.3 Å². The minimum atomic E-state index is -0.436. The Morgan fingerprint density at radius 2 is 2.00 bits per heavy atom. The number of nitrogens with one attached hydrogen (secondary N) is 2. The number of amides is 1. The van der Waals surface area contributed by atoms with E-state index in [1.807, 2.05) is 24.3 Å². The molecule has 0 unspecified atom stereocenters. The van der Waals surface area contributed by atoms with Gasteiger partial charge in [-0.1, -0.05) is 0 Å². The fourth-order valence-electron chi connectivity index (χ4n) is 2.01. The van der Waals surface area contributed by atoms with Crippen LogP contribution in [0.4, 0.5) is 10.5 Å². The van der Waals surface area contributed by atoms with Gasteiger partial charge in [-0.3, -0.25) is 5.32 Å². The van der Waals surface area contributed by atoms with E-state index in [9.17, 15) is 4.79 Å². The molecular weight excluding hydrogens is 244 g/mol. The third kappa shape index (κ3) is 4.44. The largest absolute Gasteiger partial charge is 0.490 e. The first kappa shape index (κ1) is 13.7. The molecule has 1 amide bonds. The number of hydrogen-bond acceptors (Lipinski definition) is 4. The zero-order valence-electron chi connectivity index (χ0n) is 11.1. The maximum Gasteiger partial charge on any atom is 0.411 e. The van der Waals surface area contributed by atoms with Crippen molar-refractivity contribution in [3.8, 4) is 5.75 Å². The first-order chi connectivity index (χ1) is 9.28. The summed E-state index contributed by atoms with van der Waals surface area (Å²) in [5.41, 5.74) is 0.705. The molecule has 1 aromatic carbocycles. The van der Waals surface area contributed by atoms with E-state index in [2.05, 4.69) is 10.6 Å². The van der Waals surface area contributed by atoms with Crippen molar-refractivity contribution in [3.05, 3.63) is 24.3 Å². The fraction of sp³-hybridized carbons (Fsp3) is 0.500. The van der Waals surface area contributed by atoms with Gasteiger partial charge in [0.2, 0.25) is 0 Å². The molecule has 2 rings (SSSR count). The summed E-state index contributed by atoms with van der Waals surface area (Å²) >= 11 is 0. The van der Waals surface area contributed by atoms with Crippen LogP contribution in [-0.4, -0.2) is 31.9 Å². The van der Waals surface area contributed by atoms with Crippen LogP contribution in [0.3, 0.4) is 0 Å². The first-order valence-corrected chi connectivity index (χ1v) is 6.69. The van der Waals surface area contributed by atoms with Crippen LogP contribution in [0.2, 0.25) is 0 Å². The third-order valence-electron chi connectivity index (χ3n) is 2.97. The van der Waals surface area contributed by atoms with E-state index in [-0.39, 0.29) is 6.10 Å². The highest BCUT2D eigenvalue weighted by molar-refractivity contribution is 5.84. The van der Waals surface area contributed by atoms with Gasteiger partial charge in [-0.05, 0) is 57.1 Å². The van der Waals surface area contributed by atoms with Crippen molar-refractivity contribution in [1.29, 1.82) is 0 Å². The number of benzene rings is 1. The molecule has 1 aliphatic rings. The highest BCUT2D eigenvalue weighted by Crippen LogP contribution is 2.19. The summed E-state index contributed by atoms with van der Waals surface area (Å²) in [4.78, 5) is 11.2. The molecule has 104 valence electrons.